The van der Waals surface area contributed by atoms with Gasteiger partial charge in [0.2, 0.25) is 0 Å². The quantitative estimate of drug-likeness (QED) is 0.759. The van der Waals surface area contributed by atoms with E-state index in [1.54, 1.807) is 6.92 Å². The molecule has 0 spiro atoms. The van der Waals surface area contributed by atoms with Crippen LogP contribution in [0, 0.1) is 0 Å². The van der Waals surface area contributed by atoms with E-state index in [0.717, 1.165) is 23.7 Å². The van der Waals surface area contributed by atoms with Crippen molar-refractivity contribution in [2.75, 3.05) is 11.9 Å². The lowest BCUT2D eigenvalue weighted by Gasteiger charge is -2.06. The van der Waals surface area contributed by atoms with Gasteiger partial charge in [-0.1, -0.05) is 23.7 Å². The van der Waals surface area contributed by atoms with Crippen LogP contribution in [0.5, 0.6) is 0 Å². The number of para-hydroxylation sites is 1. The van der Waals surface area contributed by atoms with Crippen LogP contribution < -0.4 is 5.32 Å². The summed E-state index contributed by atoms with van der Waals surface area (Å²) in [5.41, 5.74) is 0.928. The van der Waals surface area contributed by atoms with E-state index < -0.39 is 0 Å². The molecule has 0 aromatic heterocycles. The molecule has 0 unspecified atom stereocenters. The van der Waals surface area contributed by atoms with Crippen molar-refractivity contribution in [1.29, 1.82) is 0 Å². The molecule has 1 aromatic rings. The van der Waals surface area contributed by atoms with Crippen molar-refractivity contribution >= 4 is 23.1 Å². The number of hydrogen-bond acceptors (Lipinski definition) is 2. The molecule has 0 saturated heterocycles. The van der Waals surface area contributed by atoms with Gasteiger partial charge < -0.3 is 10.1 Å². The van der Waals surface area contributed by atoms with Gasteiger partial charge in [-0.2, -0.15) is 0 Å². The van der Waals surface area contributed by atoms with Crippen LogP contribution in [0.1, 0.15) is 19.8 Å². The molecule has 14 heavy (non-hydrogen) atoms. The minimum Gasteiger partial charge on any atom is -0.384 e. The average molecular weight is 212 g/mol. The van der Waals surface area contributed by atoms with Crippen molar-refractivity contribution in [3.63, 3.8) is 0 Å². The molecular weight excluding hydrogens is 198 g/mol. The number of rotatable bonds is 5. The zero-order valence-electron chi connectivity index (χ0n) is 8.22. The van der Waals surface area contributed by atoms with E-state index in [2.05, 4.69) is 5.32 Å². The highest BCUT2D eigenvalue weighted by molar-refractivity contribution is 6.33. The molecule has 0 aliphatic heterocycles. The van der Waals surface area contributed by atoms with Crippen LogP contribution in [0.25, 0.3) is 0 Å². The molecule has 0 atom stereocenters. The third kappa shape index (κ3) is 3.79. The molecule has 76 valence electrons. The summed E-state index contributed by atoms with van der Waals surface area (Å²) in [6.45, 7) is 2.39. The van der Waals surface area contributed by atoms with E-state index in [1.807, 2.05) is 24.3 Å². The second-order valence-corrected chi connectivity index (χ2v) is 3.62. The molecule has 0 aliphatic rings. The summed E-state index contributed by atoms with van der Waals surface area (Å²) in [6.07, 6.45) is 1.47. The lowest BCUT2D eigenvalue weighted by molar-refractivity contribution is -0.117. The molecule has 1 rings (SSSR count). The van der Waals surface area contributed by atoms with Gasteiger partial charge in [0.15, 0.2) is 0 Å². The van der Waals surface area contributed by atoms with Crippen molar-refractivity contribution in [3.8, 4) is 0 Å². The minimum absolute atomic E-state index is 0.228. The predicted molar refractivity (Wildman–Crippen MR) is 59.9 cm³/mol. The highest BCUT2D eigenvalue weighted by Gasteiger charge is 1.97. The Morgan fingerprint density at radius 3 is 2.79 bits per heavy atom. The van der Waals surface area contributed by atoms with Crippen molar-refractivity contribution in [2.24, 2.45) is 0 Å². The Labute approximate surface area is 89.3 Å². The Morgan fingerprint density at radius 1 is 1.43 bits per heavy atom. The van der Waals surface area contributed by atoms with Gasteiger partial charge in [-0.05, 0) is 25.5 Å². The molecule has 0 heterocycles. The topological polar surface area (TPSA) is 29.1 Å². The van der Waals surface area contributed by atoms with Crippen LogP contribution in [-0.2, 0) is 4.79 Å². The molecule has 0 bridgehead atoms. The van der Waals surface area contributed by atoms with Gasteiger partial charge in [0.1, 0.15) is 5.78 Å². The van der Waals surface area contributed by atoms with E-state index in [0.29, 0.717) is 6.42 Å². The van der Waals surface area contributed by atoms with E-state index in [-0.39, 0.29) is 5.78 Å². The van der Waals surface area contributed by atoms with Crippen LogP contribution in [0.2, 0.25) is 5.02 Å². The normalized spacial score (nSPS) is 9.86. The first kappa shape index (κ1) is 11.1. The van der Waals surface area contributed by atoms with Crippen molar-refractivity contribution < 1.29 is 4.79 Å². The fourth-order valence-corrected chi connectivity index (χ4v) is 1.37. The number of benzene rings is 1. The predicted octanol–water partition coefficient (Wildman–Crippen LogP) is 3.12. The van der Waals surface area contributed by atoms with Crippen molar-refractivity contribution in [1.82, 2.24) is 0 Å². The molecule has 3 heteroatoms. The lowest BCUT2D eigenvalue weighted by Crippen LogP contribution is -2.03. The first-order chi connectivity index (χ1) is 6.70. The standard InChI is InChI=1S/C11H14ClNO/c1-9(14)5-4-8-13-11-7-3-2-6-10(11)12/h2-3,6-7,13H,4-5,8H2,1H3. The van der Waals surface area contributed by atoms with Crippen molar-refractivity contribution in [2.45, 2.75) is 19.8 Å². The number of carbonyl (C=O) groups excluding carboxylic acids is 1. The van der Waals surface area contributed by atoms with E-state index in [4.69, 9.17) is 11.6 Å². The summed E-state index contributed by atoms with van der Waals surface area (Å²) < 4.78 is 0. The Bertz CT molecular complexity index is 312. The first-order valence-corrected chi connectivity index (χ1v) is 5.06. The maximum atomic E-state index is 10.7. The third-order valence-electron chi connectivity index (χ3n) is 1.89. The largest absolute Gasteiger partial charge is 0.384 e. The zero-order chi connectivity index (χ0) is 10.4. The first-order valence-electron chi connectivity index (χ1n) is 4.68. The van der Waals surface area contributed by atoms with Crippen LogP contribution in [0.3, 0.4) is 0 Å². The number of hydrogen-bond donors (Lipinski definition) is 1. The molecule has 2 nitrogen and oxygen atoms in total. The molecule has 1 aromatic carbocycles. The Kier molecular flexibility index (Phi) is 4.47. The summed E-state index contributed by atoms with van der Waals surface area (Å²) in [5, 5.41) is 3.90. The molecule has 0 amide bonds. The molecule has 0 radical (unpaired) electrons. The average Bonchev–Trinajstić information content (AvgIpc) is 2.15. The highest BCUT2D eigenvalue weighted by atomic mass is 35.5. The molecule has 1 N–H and O–H groups in total. The Balaban J connectivity index is 2.31. The van der Waals surface area contributed by atoms with Crippen LogP contribution in [0.4, 0.5) is 5.69 Å². The maximum Gasteiger partial charge on any atom is 0.129 e. The van der Waals surface area contributed by atoms with Crippen LogP contribution in [0.15, 0.2) is 24.3 Å². The number of nitrogens with one attached hydrogen (secondary N) is 1. The smallest absolute Gasteiger partial charge is 0.129 e. The van der Waals surface area contributed by atoms with Gasteiger partial charge in [-0.3, -0.25) is 0 Å². The second-order valence-electron chi connectivity index (χ2n) is 3.21. The van der Waals surface area contributed by atoms with Gasteiger partial charge in [-0.25, -0.2) is 0 Å². The van der Waals surface area contributed by atoms with Gasteiger partial charge in [-0.15, -0.1) is 0 Å². The Hall–Kier alpha value is -1.02. The van der Waals surface area contributed by atoms with E-state index >= 15 is 0 Å². The number of anilines is 1. The summed E-state index contributed by atoms with van der Waals surface area (Å²) in [6, 6.07) is 7.59. The number of halogens is 1. The van der Waals surface area contributed by atoms with Crippen LogP contribution in [-0.4, -0.2) is 12.3 Å². The van der Waals surface area contributed by atoms with Gasteiger partial charge in [0.05, 0.1) is 10.7 Å². The zero-order valence-corrected chi connectivity index (χ0v) is 8.97. The molecule has 0 aliphatic carbocycles. The lowest BCUT2D eigenvalue weighted by atomic mass is 10.2. The van der Waals surface area contributed by atoms with Crippen molar-refractivity contribution in [3.05, 3.63) is 29.3 Å². The highest BCUT2D eigenvalue weighted by Crippen LogP contribution is 2.20. The number of ketones is 1. The Morgan fingerprint density at radius 2 is 2.14 bits per heavy atom. The fourth-order valence-electron chi connectivity index (χ4n) is 1.16. The monoisotopic (exact) mass is 211 g/mol. The molecule has 0 saturated carbocycles. The summed E-state index contributed by atoms with van der Waals surface area (Å²) in [5.74, 6) is 0.228. The summed E-state index contributed by atoms with van der Waals surface area (Å²) >= 11 is 5.94. The van der Waals surface area contributed by atoms with Gasteiger partial charge in [0.25, 0.3) is 0 Å². The van der Waals surface area contributed by atoms with Gasteiger partial charge >= 0.3 is 0 Å². The maximum absolute atomic E-state index is 10.7. The summed E-state index contributed by atoms with van der Waals surface area (Å²) in [4.78, 5) is 10.7. The number of Topliss-reactive ketones (excluding diaryl/α,β-unsaturated/α-hetero) is 1. The molecule has 0 fully saturated rings. The molecular formula is C11H14ClNO. The SMILES string of the molecule is CC(=O)CCCNc1ccccc1Cl. The van der Waals surface area contributed by atoms with Crippen LogP contribution >= 0.6 is 11.6 Å². The van der Waals surface area contributed by atoms with Gasteiger partial charge in [0, 0.05) is 13.0 Å². The third-order valence-corrected chi connectivity index (χ3v) is 2.22. The van der Waals surface area contributed by atoms with E-state index in [1.165, 1.54) is 0 Å². The second kappa shape index (κ2) is 5.66. The number of carbonyl (C=O) groups is 1. The minimum atomic E-state index is 0.228. The fraction of sp³-hybridized carbons (Fsp3) is 0.364. The van der Waals surface area contributed by atoms with E-state index in [9.17, 15) is 4.79 Å². The summed E-state index contributed by atoms with van der Waals surface area (Å²) in [7, 11) is 0.